The molecule has 22 heavy (non-hydrogen) atoms. The fourth-order valence-corrected chi connectivity index (χ4v) is 2.58. The summed E-state index contributed by atoms with van der Waals surface area (Å²) in [5.41, 5.74) is 2.08. The molecule has 0 spiro atoms. The molecule has 110 valence electrons. The van der Waals surface area contributed by atoms with Crippen molar-refractivity contribution >= 4 is 31.9 Å². The molecule has 0 atom stereocenters. The topological polar surface area (TPSA) is 47.6 Å². The van der Waals surface area contributed by atoms with E-state index in [2.05, 4.69) is 44.0 Å². The Labute approximate surface area is 147 Å². The number of hydrogen-bond acceptors (Lipinski definition) is 2. The van der Waals surface area contributed by atoms with Crippen LogP contribution in [0.2, 0.25) is 0 Å². The number of halogens is 2. The summed E-state index contributed by atoms with van der Waals surface area (Å²) in [7, 11) is 0. The summed E-state index contributed by atoms with van der Waals surface area (Å²) >= 11 is 6.69. The van der Waals surface area contributed by atoms with Crippen LogP contribution in [0.15, 0.2) is 57.5 Å². The first kappa shape index (κ1) is 16.7. The van der Waals surface area contributed by atoms with Crippen molar-refractivity contribution in [1.82, 2.24) is 0 Å². The van der Waals surface area contributed by atoms with Gasteiger partial charge in [0.25, 0.3) is 0 Å². The minimum Gasteiger partial charge on any atom is -0.198 e. The molecular formula is C18H14Br2N2. The van der Waals surface area contributed by atoms with E-state index in [9.17, 15) is 0 Å². The number of benzene rings is 2. The summed E-state index contributed by atoms with van der Waals surface area (Å²) < 4.78 is 2.12. The van der Waals surface area contributed by atoms with Crippen LogP contribution in [0.1, 0.15) is 24.0 Å². The van der Waals surface area contributed by atoms with Crippen molar-refractivity contribution in [3.05, 3.63) is 68.6 Å². The zero-order chi connectivity index (χ0) is 16.0. The zero-order valence-corrected chi connectivity index (χ0v) is 15.1. The molecule has 0 radical (unpaired) electrons. The minimum atomic E-state index is -0.138. The molecule has 2 nitrogen and oxygen atoms in total. The molecule has 2 aromatic carbocycles. The number of hydrogen-bond donors (Lipinski definition) is 0. The Kier molecular flexibility index (Phi) is 5.77. The summed E-state index contributed by atoms with van der Waals surface area (Å²) in [5, 5.41) is 17.2. The van der Waals surface area contributed by atoms with Crippen molar-refractivity contribution in [3.8, 4) is 12.1 Å². The van der Waals surface area contributed by atoms with E-state index in [4.69, 9.17) is 10.5 Å². The maximum absolute atomic E-state index is 8.92. The first-order valence-corrected chi connectivity index (χ1v) is 8.47. The van der Waals surface area contributed by atoms with Gasteiger partial charge >= 0.3 is 0 Å². The Morgan fingerprint density at radius 3 is 1.77 bits per heavy atom. The molecule has 0 amide bonds. The number of nitrogens with zero attached hydrogens (tertiary/aromatic N) is 2. The summed E-state index contributed by atoms with van der Waals surface area (Å²) in [6, 6.07) is 20.3. The predicted octanol–water partition coefficient (Wildman–Crippen LogP) is 5.52. The lowest BCUT2D eigenvalue weighted by Crippen LogP contribution is -2.01. The first-order valence-electron chi connectivity index (χ1n) is 6.88. The van der Waals surface area contributed by atoms with E-state index in [0.717, 1.165) is 32.9 Å². The lowest BCUT2D eigenvalue weighted by Gasteiger charge is -2.04. The SMILES string of the molecule is N#CC1(c2ccc(Br)cc2)CC1.N#CCc1ccc(Br)cc1. The number of rotatable bonds is 2. The van der Waals surface area contributed by atoms with Gasteiger partial charge in [-0.1, -0.05) is 56.1 Å². The Morgan fingerprint density at radius 1 is 0.864 bits per heavy atom. The highest BCUT2D eigenvalue weighted by atomic mass is 79.9. The summed E-state index contributed by atoms with van der Waals surface area (Å²) in [6.07, 6.45) is 2.53. The average molecular weight is 418 g/mol. The van der Waals surface area contributed by atoms with Crippen molar-refractivity contribution in [3.63, 3.8) is 0 Å². The third-order valence-electron chi connectivity index (χ3n) is 3.56. The van der Waals surface area contributed by atoms with E-state index < -0.39 is 0 Å². The molecule has 1 fully saturated rings. The van der Waals surface area contributed by atoms with Gasteiger partial charge in [-0.25, -0.2) is 0 Å². The summed E-state index contributed by atoms with van der Waals surface area (Å²) in [6.45, 7) is 0. The van der Waals surface area contributed by atoms with Crippen LogP contribution in [-0.4, -0.2) is 0 Å². The Hall–Kier alpha value is -1.62. The normalized spacial score (nSPS) is 14.0. The van der Waals surface area contributed by atoms with Crippen molar-refractivity contribution in [2.75, 3.05) is 0 Å². The van der Waals surface area contributed by atoms with Crippen LogP contribution in [0.3, 0.4) is 0 Å². The van der Waals surface area contributed by atoms with Gasteiger partial charge in [0.05, 0.1) is 24.0 Å². The van der Waals surface area contributed by atoms with Gasteiger partial charge < -0.3 is 0 Å². The van der Waals surface area contributed by atoms with E-state index in [1.807, 2.05) is 48.5 Å². The van der Waals surface area contributed by atoms with Crippen LogP contribution >= 0.6 is 31.9 Å². The highest BCUT2D eigenvalue weighted by Crippen LogP contribution is 2.47. The molecule has 1 aliphatic carbocycles. The Balaban J connectivity index is 0.000000164. The largest absolute Gasteiger partial charge is 0.198 e. The molecule has 1 aliphatic rings. The predicted molar refractivity (Wildman–Crippen MR) is 94.1 cm³/mol. The van der Waals surface area contributed by atoms with Gasteiger partial charge in [-0.2, -0.15) is 10.5 Å². The van der Waals surface area contributed by atoms with Crippen molar-refractivity contribution in [1.29, 1.82) is 10.5 Å². The maximum atomic E-state index is 8.92. The van der Waals surface area contributed by atoms with Gasteiger partial charge in [0.15, 0.2) is 0 Å². The fourth-order valence-electron chi connectivity index (χ4n) is 2.05. The van der Waals surface area contributed by atoms with Crippen molar-refractivity contribution in [2.24, 2.45) is 0 Å². The molecule has 0 aromatic heterocycles. The fraction of sp³-hybridized carbons (Fsp3) is 0.222. The third kappa shape index (κ3) is 4.44. The van der Waals surface area contributed by atoms with Gasteiger partial charge in [-0.15, -0.1) is 0 Å². The molecule has 3 rings (SSSR count). The van der Waals surface area contributed by atoms with Gasteiger partial charge in [0.1, 0.15) is 0 Å². The Bertz CT molecular complexity index is 703. The van der Waals surface area contributed by atoms with E-state index in [1.165, 1.54) is 0 Å². The minimum absolute atomic E-state index is 0.138. The smallest absolute Gasteiger partial charge is 0.0823 e. The van der Waals surface area contributed by atoms with Crippen molar-refractivity contribution < 1.29 is 0 Å². The quantitative estimate of drug-likeness (QED) is 0.645. The second-order valence-corrected chi connectivity index (χ2v) is 6.99. The van der Waals surface area contributed by atoms with E-state index >= 15 is 0 Å². The summed E-state index contributed by atoms with van der Waals surface area (Å²) in [5.74, 6) is 0. The molecule has 0 aliphatic heterocycles. The standard InChI is InChI=1S/C10H8BrN.C8H6BrN/c11-9-3-1-8(2-4-9)10(7-12)5-6-10;9-8-3-1-7(2-4-8)5-6-10/h1-4H,5-6H2;1-4H,5H2. The van der Waals surface area contributed by atoms with Crippen molar-refractivity contribution in [2.45, 2.75) is 24.7 Å². The van der Waals surface area contributed by atoms with E-state index in [0.29, 0.717) is 6.42 Å². The maximum Gasteiger partial charge on any atom is 0.0823 e. The van der Waals surface area contributed by atoms with Gasteiger partial charge in [-0.05, 0) is 48.2 Å². The Morgan fingerprint density at radius 2 is 1.36 bits per heavy atom. The van der Waals surface area contributed by atoms with Gasteiger partial charge in [0.2, 0.25) is 0 Å². The van der Waals surface area contributed by atoms with Crippen LogP contribution < -0.4 is 0 Å². The van der Waals surface area contributed by atoms with Gasteiger partial charge in [-0.3, -0.25) is 0 Å². The average Bonchev–Trinajstić information content (AvgIpc) is 3.32. The molecule has 0 bridgehead atoms. The molecule has 1 saturated carbocycles. The molecule has 0 heterocycles. The van der Waals surface area contributed by atoms with E-state index in [-0.39, 0.29) is 5.41 Å². The molecule has 0 unspecified atom stereocenters. The van der Waals surface area contributed by atoms with Crippen LogP contribution in [-0.2, 0) is 11.8 Å². The molecule has 0 N–H and O–H groups in total. The summed E-state index contributed by atoms with van der Waals surface area (Å²) in [4.78, 5) is 0. The molecule has 0 saturated heterocycles. The second kappa shape index (κ2) is 7.58. The molecule has 2 aromatic rings. The first-order chi connectivity index (χ1) is 10.6. The second-order valence-electron chi connectivity index (χ2n) is 5.16. The monoisotopic (exact) mass is 416 g/mol. The van der Waals surface area contributed by atoms with Crippen LogP contribution in [0.5, 0.6) is 0 Å². The van der Waals surface area contributed by atoms with Crippen LogP contribution in [0.25, 0.3) is 0 Å². The highest BCUT2D eigenvalue weighted by Gasteiger charge is 2.44. The third-order valence-corrected chi connectivity index (χ3v) is 4.61. The highest BCUT2D eigenvalue weighted by molar-refractivity contribution is 9.10. The molecule has 4 heteroatoms. The van der Waals surface area contributed by atoms with Crippen LogP contribution in [0, 0.1) is 22.7 Å². The van der Waals surface area contributed by atoms with E-state index in [1.54, 1.807) is 0 Å². The van der Waals surface area contributed by atoms with Crippen LogP contribution in [0.4, 0.5) is 0 Å². The molecular weight excluding hydrogens is 404 g/mol. The zero-order valence-electron chi connectivity index (χ0n) is 11.9. The lowest BCUT2D eigenvalue weighted by atomic mass is 9.98. The lowest BCUT2D eigenvalue weighted by molar-refractivity contribution is 0.908. The van der Waals surface area contributed by atoms with Gasteiger partial charge in [0, 0.05) is 8.95 Å². The number of nitriles is 2.